The molecule has 0 saturated carbocycles. The molecule has 1 aromatic heterocycles. The van der Waals surface area contributed by atoms with E-state index in [-0.39, 0.29) is 11.3 Å². The van der Waals surface area contributed by atoms with E-state index in [0.29, 0.717) is 0 Å². The zero-order valence-electron chi connectivity index (χ0n) is 38.4. The number of aromatic nitrogens is 1. The summed E-state index contributed by atoms with van der Waals surface area (Å²) in [5, 5.41) is 6.68. The lowest BCUT2D eigenvalue weighted by Crippen LogP contribution is -2.38. The van der Waals surface area contributed by atoms with Gasteiger partial charge in [-0.15, -0.1) is 0 Å². The molecule has 2 heterocycles. The van der Waals surface area contributed by atoms with Gasteiger partial charge in [0.2, 0.25) is 0 Å². The quantitative estimate of drug-likeness (QED) is 0.0656. The van der Waals surface area contributed by atoms with Gasteiger partial charge in [-0.2, -0.15) is 0 Å². The number of unbranched alkanes of at least 4 members (excludes halogenated alkanes) is 4. The van der Waals surface area contributed by atoms with Crippen LogP contribution in [0, 0.1) is 0 Å². The highest BCUT2D eigenvalue weighted by molar-refractivity contribution is 6.73. The Morgan fingerprint density at radius 3 is 1.92 bits per heavy atom. The van der Waals surface area contributed by atoms with Crippen molar-refractivity contribution in [3.8, 4) is 27.9 Å². The number of benzene rings is 8. The van der Waals surface area contributed by atoms with E-state index in [1.165, 1.54) is 138 Å². The lowest BCUT2D eigenvalue weighted by molar-refractivity contribution is 0.660. The predicted octanol–water partition coefficient (Wildman–Crippen LogP) is 15.1. The Bertz CT molecular complexity index is 3150. The first-order valence-electron chi connectivity index (χ1n) is 24.3. The average molecular weight is 842 g/mol. The Balaban J connectivity index is 1.22. The number of anilines is 2. The molecule has 0 fully saturated rings. The summed E-state index contributed by atoms with van der Waals surface area (Å²) >= 11 is 0. The van der Waals surface area contributed by atoms with Crippen molar-refractivity contribution in [2.75, 3.05) is 5.32 Å². The topological polar surface area (TPSA) is 17.0 Å². The van der Waals surface area contributed by atoms with Gasteiger partial charge in [-0.05, 0) is 129 Å². The Morgan fingerprint density at radius 2 is 1.20 bits per heavy atom. The van der Waals surface area contributed by atoms with Crippen molar-refractivity contribution >= 4 is 51.4 Å². The fraction of sp³-hybridized carbons (Fsp3) is 0.226. The number of rotatable bonds is 14. The van der Waals surface area contributed by atoms with Crippen LogP contribution in [0.4, 0.5) is 11.4 Å². The van der Waals surface area contributed by atoms with Crippen molar-refractivity contribution in [2.45, 2.75) is 90.4 Å². The van der Waals surface area contributed by atoms with Gasteiger partial charge in [0.1, 0.15) is 0 Å². The second-order valence-electron chi connectivity index (χ2n) is 19.1. The van der Waals surface area contributed by atoms with Crippen molar-refractivity contribution in [3.05, 3.63) is 209 Å². The van der Waals surface area contributed by atoms with Crippen LogP contribution in [-0.4, -0.2) is 11.8 Å². The highest BCUT2D eigenvalue weighted by Gasteiger charge is 2.37. The van der Waals surface area contributed by atoms with Crippen LogP contribution in [0.2, 0.25) is 0 Å². The summed E-state index contributed by atoms with van der Waals surface area (Å²) in [6.45, 7) is 9.36. The molecular weight excluding hydrogens is 784 g/mol. The summed E-state index contributed by atoms with van der Waals surface area (Å²) < 4.78 is 2.60. The Hall–Kier alpha value is -6.58. The minimum atomic E-state index is -0.148. The molecule has 1 aliphatic carbocycles. The summed E-state index contributed by atoms with van der Waals surface area (Å²) in [6, 6.07) is 64.6. The predicted molar refractivity (Wildman–Crippen MR) is 279 cm³/mol. The molecule has 0 amide bonds. The fourth-order valence-electron chi connectivity index (χ4n) is 11.3. The molecule has 8 aromatic carbocycles. The monoisotopic (exact) mass is 841 g/mol. The summed E-state index contributed by atoms with van der Waals surface area (Å²) in [4.78, 5) is 0. The van der Waals surface area contributed by atoms with Crippen LogP contribution in [0.15, 0.2) is 170 Å². The molecule has 1 N–H and O–H groups in total. The zero-order chi connectivity index (χ0) is 44.1. The average Bonchev–Trinajstić information content (AvgIpc) is 3.80. The molecule has 0 spiro atoms. The van der Waals surface area contributed by atoms with Gasteiger partial charge >= 0.3 is 0 Å². The molecule has 0 unspecified atom stereocenters. The first kappa shape index (κ1) is 41.2. The lowest BCUT2D eigenvalue weighted by atomic mass is 9.58. The number of nitrogens with one attached hydrogen (secondary N) is 1. The molecule has 1 aliphatic heterocycles. The number of hydrogen-bond acceptors (Lipinski definition) is 1. The maximum Gasteiger partial charge on any atom is 0.197 e. The van der Waals surface area contributed by atoms with Crippen LogP contribution in [-0.2, 0) is 18.3 Å². The zero-order valence-corrected chi connectivity index (χ0v) is 38.4. The van der Waals surface area contributed by atoms with Gasteiger partial charge in [-0.25, -0.2) is 0 Å². The van der Waals surface area contributed by atoms with Crippen LogP contribution >= 0.6 is 0 Å². The number of hydrogen-bond donors (Lipinski definition) is 1. The van der Waals surface area contributed by atoms with Crippen molar-refractivity contribution in [1.29, 1.82) is 0 Å². The normalized spacial score (nSPS) is 13.2. The first-order valence-corrected chi connectivity index (χ1v) is 24.3. The van der Waals surface area contributed by atoms with Gasteiger partial charge in [-0.1, -0.05) is 186 Å². The Kier molecular flexibility index (Phi) is 10.8. The second kappa shape index (κ2) is 17.1. The van der Waals surface area contributed by atoms with Crippen molar-refractivity contribution in [1.82, 2.24) is 4.57 Å². The molecular formula is C62H58BN2. The maximum atomic E-state index is 4.07. The van der Waals surface area contributed by atoms with E-state index in [2.05, 4.69) is 215 Å². The van der Waals surface area contributed by atoms with Crippen LogP contribution in [0.1, 0.15) is 111 Å². The Morgan fingerprint density at radius 1 is 0.554 bits per heavy atom. The van der Waals surface area contributed by atoms with E-state index in [9.17, 15) is 0 Å². The molecule has 319 valence electrons. The standard InChI is InChI=1S/C62H58BN2/c1-5-7-11-21-41-31-34-45(35-32-41)64-55-40-53-48(46-27-17-19-29-52(46)62(53,3)4)38-49(55)50-39-51(58(43-23-13-9-14-24-43)44-25-15-10-16-26-44)59-47-28-18-20-30-56(47)65-57-36-33-42(22-12-8-6-2)37-54(57)63-60(50)61(59)65/h9-10,13-20,23-40,58,64H,5-8,11-12,21-22H2,1-4H3. The van der Waals surface area contributed by atoms with Crippen molar-refractivity contribution in [3.63, 3.8) is 0 Å². The smallest absolute Gasteiger partial charge is 0.197 e. The largest absolute Gasteiger partial charge is 0.355 e. The molecule has 0 bridgehead atoms. The molecule has 11 rings (SSSR count). The molecule has 65 heavy (non-hydrogen) atoms. The third kappa shape index (κ3) is 7.21. The van der Waals surface area contributed by atoms with Crippen molar-refractivity contribution in [2.24, 2.45) is 0 Å². The van der Waals surface area contributed by atoms with Crippen LogP contribution < -0.4 is 16.2 Å². The van der Waals surface area contributed by atoms with E-state index < -0.39 is 0 Å². The highest BCUT2D eigenvalue weighted by Crippen LogP contribution is 2.52. The van der Waals surface area contributed by atoms with E-state index in [0.717, 1.165) is 24.2 Å². The SMILES string of the molecule is CCCCCc1ccc(Nc2cc3c(cc2-c2cc(C(c4ccccc4)c4ccccc4)c4c5ccccc5n5c4c2[B]c2cc(CCCCC)ccc2-5)-c2ccccc2C3(C)C)cc1. The van der Waals surface area contributed by atoms with E-state index in [4.69, 9.17) is 0 Å². The molecule has 0 atom stereocenters. The number of fused-ring (bicyclic) bond motifs is 8. The molecule has 0 saturated heterocycles. The minimum absolute atomic E-state index is 0.00227. The van der Waals surface area contributed by atoms with Gasteiger partial charge in [-0.3, -0.25) is 0 Å². The lowest BCUT2D eigenvalue weighted by Gasteiger charge is -2.28. The Labute approximate surface area is 386 Å². The van der Waals surface area contributed by atoms with Gasteiger partial charge in [0.05, 0.1) is 5.52 Å². The van der Waals surface area contributed by atoms with E-state index in [1.54, 1.807) is 0 Å². The summed E-state index contributed by atoms with van der Waals surface area (Å²) in [6.07, 6.45) is 9.62. The summed E-state index contributed by atoms with van der Waals surface area (Å²) in [7, 11) is 2.53. The first-order chi connectivity index (χ1) is 31.9. The van der Waals surface area contributed by atoms with Gasteiger partial charge in [0.15, 0.2) is 7.28 Å². The second-order valence-corrected chi connectivity index (χ2v) is 19.1. The van der Waals surface area contributed by atoms with Gasteiger partial charge in [0.25, 0.3) is 0 Å². The molecule has 2 nitrogen and oxygen atoms in total. The summed E-state index contributed by atoms with van der Waals surface area (Å²) in [5.74, 6) is -0.00227. The van der Waals surface area contributed by atoms with Crippen LogP contribution in [0.5, 0.6) is 0 Å². The fourth-order valence-corrected chi connectivity index (χ4v) is 11.3. The molecule has 2 aliphatic rings. The number of nitrogens with zero attached hydrogens (tertiary/aromatic N) is 1. The third-order valence-corrected chi connectivity index (χ3v) is 14.6. The third-order valence-electron chi connectivity index (χ3n) is 14.6. The van der Waals surface area contributed by atoms with Gasteiger partial charge in [0, 0.05) is 50.2 Å². The van der Waals surface area contributed by atoms with Crippen LogP contribution in [0.25, 0.3) is 49.7 Å². The van der Waals surface area contributed by atoms with Crippen molar-refractivity contribution < 1.29 is 0 Å². The molecule has 1 radical (unpaired) electrons. The number of aryl methyl sites for hydroxylation is 2. The highest BCUT2D eigenvalue weighted by atomic mass is 15.0. The maximum absolute atomic E-state index is 4.07. The number of para-hydroxylation sites is 1. The minimum Gasteiger partial charge on any atom is -0.355 e. The van der Waals surface area contributed by atoms with Gasteiger partial charge < -0.3 is 9.88 Å². The summed E-state index contributed by atoms with van der Waals surface area (Å²) in [5.41, 5.74) is 23.0. The van der Waals surface area contributed by atoms with Crippen LogP contribution in [0.3, 0.4) is 0 Å². The van der Waals surface area contributed by atoms with E-state index >= 15 is 0 Å². The molecule has 9 aromatic rings. The molecule has 3 heteroatoms. The van der Waals surface area contributed by atoms with E-state index in [1.807, 2.05) is 0 Å².